The van der Waals surface area contributed by atoms with Gasteiger partial charge in [0.1, 0.15) is 0 Å². The van der Waals surface area contributed by atoms with Gasteiger partial charge in [0.05, 0.1) is 0 Å². The number of benzene rings is 2. The number of rotatable bonds is 4. The van der Waals surface area contributed by atoms with Crippen LogP contribution in [0, 0.1) is 0 Å². The summed E-state index contributed by atoms with van der Waals surface area (Å²) in [4.78, 5) is 0. The maximum absolute atomic E-state index is 6.51. The normalized spacial score (nSPS) is 15.1. The van der Waals surface area contributed by atoms with Crippen LogP contribution in [0.1, 0.15) is 36.3 Å². The Hall–Kier alpha value is -1.31. The molecule has 0 spiro atoms. The van der Waals surface area contributed by atoms with Crippen molar-refractivity contribution >= 4 is 11.6 Å². The largest absolute Gasteiger partial charge is 0.316 e. The molecule has 1 N–H and O–H groups in total. The highest BCUT2D eigenvalue weighted by Crippen LogP contribution is 2.42. The zero-order valence-corrected chi connectivity index (χ0v) is 12.6. The van der Waals surface area contributed by atoms with Crippen LogP contribution in [0.2, 0.25) is 5.02 Å². The molecule has 104 valence electrons. The van der Waals surface area contributed by atoms with Gasteiger partial charge in [0.2, 0.25) is 0 Å². The lowest BCUT2D eigenvalue weighted by molar-refractivity contribution is 0.420. The van der Waals surface area contributed by atoms with Gasteiger partial charge in [0, 0.05) is 17.1 Å². The fourth-order valence-corrected chi connectivity index (χ4v) is 3.21. The molecule has 0 radical (unpaired) electrons. The maximum atomic E-state index is 6.51. The van der Waals surface area contributed by atoms with Crippen molar-refractivity contribution in [2.24, 2.45) is 0 Å². The highest BCUT2D eigenvalue weighted by molar-refractivity contribution is 6.33. The predicted octanol–water partition coefficient (Wildman–Crippen LogP) is 4.99. The van der Waals surface area contributed by atoms with Crippen LogP contribution in [0.5, 0.6) is 0 Å². The van der Waals surface area contributed by atoms with Gasteiger partial charge in [-0.3, -0.25) is 0 Å². The molecule has 20 heavy (non-hydrogen) atoms. The maximum Gasteiger partial charge on any atom is 0.0487 e. The van der Waals surface area contributed by atoms with Crippen LogP contribution in [0.3, 0.4) is 0 Å². The highest BCUT2D eigenvalue weighted by Gasteiger charge is 2.22. The van der Waals surface area contributed by atoms with Gasteiger partial charge >= 0.3 is 0 Å². The van der Waals surface area contributed by atoms with Crippen LogP contribution in [-0.2, 0) is 6.54 Å². The smallest absolute Gasteiger partial charge is 0.0487 e. The first-order valence-corrected chi connectivity index (χ1v) is 7.69. The summed E-state index contributed by atoms with van der Waals surface area (Å²) in [6.07, 6.45) is 3.98. The third kappa shape index (κ3) is 2.61. The summed E-state index contributed by atoms with van der Waals surface area (Å²) >= 11 is 6.51. The van der Waals surface area contributed by atoms with Crippen LogP contribution in [-0.4, -0.2) is 7.05 Å². The summed E-state index contributed by atoms with van der Waals surface area (Å²) in [5.41, 5.74) is 5.15. The van der Waals surface area contributed by atoms with E-state index in [0.29, 0.717) is 0 Å². The molecule has 1 fully saturated rings. The fraction of sp³-hybridized carbons (Fsp3) is 0.333. The Morgan fingerprint density at radius 1 is 1.10 bits per heavy atom. The zero-order chi connectivity index (χ0) is 13.9. The van der Waals surface area contributed by atoms with Crippen molar-refractivity contribution in [3.05, 3.63) is 58.6 Å². The second kappa shape index (κ2) is 5.99. The molecule has 0 atom stereocenters. The molecule has 0 heterocycles. The van der Waals surface area contributed by atoms with Gasteiger partial charge in [0.25, 0.3) is 0 Å². The van der Waals surface area contributed by atoms with Crippen molar-refractivity contribution in [1.82, 2.24) is 5.32 Å². The Morgan fingerprint density at radius 3 is 2.55 bits per heavy atom. The Bertz CT molecular complexity index is 602. The molecule has 1 aliphatic carbocycles. The van der Waals surface area contributed by atoms with Crippen molar-refractivity contribution in [2.45, 2.75) is 31.7 Å². The molecule has 0 aromatic heterocycles. The molecular formula is C18H20ClN. The first kappa shape index (κ1) is 13.7. The van der Waals surface area contributed by atoms with Gasteiger partial charge in [-0.05, 0) is 48.6 Å². The lowest BCUT2D eigenvalue weighted by atomic mass is 9.77. The quantitative estimate of drug-likeness (QED) is 0.834. The minimum Gasteiger partial charge on any atom is -0.316 e. The van der Waals surface area contributed by atoms with Crippen molar-refractivity contribution in [3.63, 3.8) is 0 Å². The van der Waals surface area contributed by atoms with Gasteiger partial charge in [-0.1, -0.05) is 54.4 Å². The lowest BCUT2D eigenvalue weighted by Crippen LogP contribution is -2.10. The third-order valence-electron chi connectivity index (χ3n) is 4.21. The molecular weight excluding hydrogens is 266 g/mol. The SMILES string of the molecule is CNCc1ccc(-c2ccccc2C2CCC2)c(Cl)c1. The highest BCUT2D eigenvalue weighted by atomic mass is 35.5. The average molecular weight is 286 g/mol. The molecule has 2 heteroatoms. The number of nitrogens with one attached hydrogen (secondary N) is 1. The molecule has 0 saturated heterocycles. The van der Waals surface area contributed by atoms with Gasteiger partial charge in [-0.25, -0.2) is 0 Å². The summed E-state index contributed by atoms with van der Waals surface area (Å²) in [5, 5.41) is 4.01. The van der Waals surface area contributed by atoms with E-state index in [1.807, 2.05) is 7.05 Å². The Kier molecular flexibility index (Phi) is 4.09. The first-order chi connectivity index (χ1) is 9.79. The molecule has 2 aromatic rings. The Labute approximate surface area is 126 Å². The minimum atomic E-state index is 0.722. The summed E-state index contributed by atoms with van der Waals surface area (Å²) < 4.78 is 0. The molecule has 0 aliphatic heterocycles. The van der Waals surface area contributed by atoms with Crippen LogP contribution in [0.15, 0.2) is 42.5 Å². The van der Waals surface area contributed by atoms with E-state index >= 15 is 0 Å². The average Bonchev–Trinajstić information content (AvgIpc) is 2.38. The fourth-order valence-electron chi connectivity index (χ4n) is 2.91. The second-order valence-electron chi connectivity index (χ2n) is 5.56. The first-order valence-electron chi connectivity index (χ1n) is 7.32. The molecule has 1 saturated carbocycles. The van der Waals surface area contributed by atoms with Crippen molar-refractivity contribution < 1.29 is 0 Å². The van der Waals surface area contributed by atoms with Crippen LogP contribution in [0.25, 0.3) is 11.1 Å². The van der Waals surface area contributed by atoms with Gasteiger partial charge < -0.3 is 5.32 Å². The topological polar surface area (TPSA) is 12.0 Å². The van der Waals surface area contributed by atoms with Gasteiger partial charge in [-0.2, -0.15) is 0 Å². The lowest BCUT2D eigenvalue weighted by Gasteiger charge is -2.28. The Morgan fingerprint density at radius 2 is 1.90 bits per heavy atom. The van der Waals surface area contributed by atoms with Crippen molar-refractivity contribution in [1.29, 1.82) is 0 Å². The van der Waals surface area contributed by atoms with E-state index in [9.17, 15) is 0 Å². The summed E-state index contributed by atoms with van der Waals surface area (Å²) in [6, 6.07) is 15.1. The number of halogens is 1. The molecule has 0 unspecified atom stereocenters. The van der Waals surface area contributed by atoms with Crippen molar-refractivity contribution in [3.8, 4) is 11.1 Å². The predicted molar refractivity (Wildman–Crippen MR) is 86.2 cm³/mol. The third-order valence-corrected chi connectivity index (χ3v) is 4.52. The molecule has 1 nitrogen and oxygen atoms in total. The standard InChI is InChI=1S/C18H20ClN/c1-20-12-13-9-10-17(18(19)11-13)16-8-3-2-7-15(16)14-5-4-6-14/h2-3,7-11,14,20H,4-6,12H2,1H3. The summed E-state index contributed by atoms with van der Waals surface area (Å²) in [6.45, 7) is 0.851. The van der Waals surface area contributed by atoms with E-state index in [2.05, 4.69) is 47.8 Å². The van der Waals surface area contributed by atoms with Crippen LogP contribution < -0.4 is 5.32 Å². The van der Waals surface area contributed by atoms with Crippen molar-refractivity contribution in [2.75, 3.05) is 7.05 Å². The van der Waals surface area contributed by atoms with Crippen LogP contribution in [0.4, 0.5) is 0 Å². The molecule has 0 amide bonds. The monoisotopic (exact) mass is 285 g/mol. The molecule has 0 bridgehead atoms. The van der Waals surface area contributed by atoms with E-state index in [1.165, 1.54) is 36.0 Å². The summed E-state index contributed by atoms with van der Waals surface area (Å²) in [7, 11) is 1.95. The second-order valence-corrected chi connectivity index (χ2v) is 5.97. The van der Waals surface area contributed by atoms with E-state index in [-0.39, 0.29) is 0 Å². The summed E-state index contributed by atoms with van der Waals surface area (Å²) in [5.74, 6) is 0.722. The Balaban J connectivity index is 2.00. The zero-order valence-electron chi connectivity index (χ0n) is 11.8. The van der Waals surface area contributed by atoms with Gasteiger partial charge in [-0.15, -0.1) is 0 Å². The van der Waals surface area contributed by atoms with E-state index in [4.69, 9.17) is 11.6 Å². The molecule has 3 rings (SSSR count). The van der Waals surface area contributed by atoms with Gasteiger partial charge in [0.15, 0.2) is 0 Å². The molecule has 1 aliphatic rings. The minimum absolute atomic E-state index is 0.722. The van der Waals surface area contributed by atoms with E-state index in [1.54, 1.807) is 0 Å². The molecule has 2 aromatic carbocycles. The number of hydrogen-bond acceptors (Lipinski definition) is 1. The van der Waals surface area contributed by atoms with Crippen LogP contribution >= 0.6 is 11.6 Å². The van der Waals surface area contributed by atoms with E-state index < -0.39 is 0 Å². The van der Waals surface area contributed by atoms with E-state index in [0.717, 1.165) is 23.0 Å². The number of hydrogen-bond donors (Lipinski definition) is 1.